The molecule has 0 saturated heterocycles. The third-order valence-corrected chi connectivity index (χ3v) is 4.98. The van der Waals surface area contributed by atoms with Gasteiger partial charge in [0, 0.05) is 10.6 Å². The molecule has 0 aliphatic carbocycles. The highest BCUT2D eigenvalue weighted by Gasteiger charge is 2.29. The molecule has 1 aliphatic rings. The number of carbonyl (C=O) groups is 4. The molecule has 2 aromatic carbocycles. The van der Waals surface area contributed by atoms with Crippen molar-refractivity contribution in [2.45, 2.75) is 16.6 Å². The van der Waals surface area contributed by atoms with Crippen LogP contribution < -0.4 is 16.0 Å². The van der Waals surface area contributed by atoms with Crippen molar-refractivity contribution in [1.29, 1.82) is 0 Å². The van der Waals surface area contributed by atoms with E-state index in [0.29, 0.717) is 11.4 Å². The van der Waals surface area contributed by atoms with Crippen molar-refractivity contribution in [1.82, 2.24) is 5.32 Å². The van der Waals surface area contributed by atoms with Crippen molar-refractivity contribution in [3.63, 3.8) is 0 Å². The van der Waals surface area contributed by atoms with Crippen LogP contribution in [-0.2, 0) is 19.1 Å². The highest BCUT2D eigenvalue weighted by Crippen LogP contribution is 2.36. The lowest BCUT2D eigenvalue weighted by Gasteiger charge is -2.23. The van der Waals surface area contributed by atoms with Crippen molar-refractivity contribution in [2.24, 2.45) is 0 Å². The zero-order valence-electron chi connectivity index (χ0n) is 14.6. The number of rotatable bonds is 5. The molecule has 1 aliphatic heterocycles. The van der Waals surface area contributed by atoms with Gasteiger partial charge in [0.05, 0.1) is 17.4 Å². The van der Waals surface area contributed by atoms with Crippen molar-refractivity contribution in [3.8, 4) is 0 Å². The molecule has 2 aromatic rings. The van der Waals surface area contributed by atoms with Gasteiger partial charge in [-0.05, 0) is 24.3 Å². The van der Waals surface area contributed by atoms with E-state index in [-0.39, 0.29) is 12.3 Å². The number of hydrogen-bond donors (Lipinski definition) is 3. The average Bonchev–Trinajstić information content (AvgIpc) is 2.67. The number of urea groups is 1. The summed E-state index contributed by atoms with van der Waals surface area (Å²) in [5.74, 6) is -1.77. The third-order valence-electron chi connectivity index (χ3n) is 3.71. The van der Waals surface area contributed by atoms with Crippen LogP contribution in [0.4, 0.5) is 16.2 Å². The quantitative estimate of drug-likeness (QED) is 0.665. The minimum atomic E-state index is -0.770. The van der Waals surface area contributed by atoms with E-state index in [1.807, 2.05) is 12.1 Å². The number of para-hydroxylation sites is 2. The number of ether oxygens (including phenoxy) is 1. The molecule has 0 spiro atoms. The molecule has 9 heteroatoms. The predicted octanol–water partition coefficient (Wildman–Crippen LogP) is 2.38. The summed E-state index contributed by atoms with van der Waals surface area (Å²) in [7, 11) is 0. The van der Waals surface area contributed by atoms with Gasteiger partial charge in [-0.3, -0.25) is 19.7 Å². The standard InChI is InChI=1S/C19H17N3O5S/c23-16(22-19(26)20-12-6-2-1-3-7-12)11-27-17(24)10-15-18(25)21-13-8-4-5-9-14(13)28-15/h1-9,15H,10-11H2,(H,21,25)(H2,20,22,23,26)/t15-/m1/s1. The molecule has 8 nitrogen and oxygen atoms in total. The molecule has 0 fully saturated rings. The van der Waals surface area contributed by atoms with Crippen LogP contribution in [0.1, 0.15) is 6.42 Å². The first-order chi connectivity index (χ1) is 13.5. The van der Waals surface area contributed by atoms with E-state index in [9.17, 15) is 19.2 Å². The lowest BCUT2D eigenvalue weighted by atomic mass is 10.2. The van der Waals surface area contributed by atoms with E-state index in [4.69, 9.17) is 4.74 Å². The summed E-state index contributed by atoms with van der Waals surface area (Å²) in [6.07, 6.45) is -0.186. The van der Waals surface area contributed by atoms with Gasteiger partial charge < -0.3 is 15.4 Å². The molecule has 3 N–H and O–H groups in total. The topological polar surface area (TPSA) is 114 Å². The number of carbonyl (C=O) groups excluding carboxylic acids is 4. The minimum absolute atomic E-state index is 0.186. The summed E-state index contributed by atoms with van der Waals surface area (Å²) in [4.78, 5) is 48.3. The normalized spacial score (nSPS) is 15.0. The third kappa shape index (κ3) is 5.34. The van der Waals surface area contributed by atoms with Gasteiger partial charge in [-0.2, -0.15) is 0 Å². The van der Waals surface area contributed by atoms with E-state index < -0.39 is 29.8 Å². The Hall–Kier alpha value is -3.33. The molecule has 0 radical (unpaired) electrons. The molecule has 3 rings (SSSR count). The molecule has 28 heavy (non-hydrogen) atoms. The Morgan fingerprint density at radius 2 is 1.75 bits per heavy atom. The van der Waals surface area contributed by atoms with Crippen molar-refractivity contribution < 1.29 is 23.9 Å². The Bertz CT molecular complexity index is 903. The van der Waals surface area contributed by atoms with Crippen molar-refractivity contribution in [2.75, 3.05) is 17.2 Å². The number of hydrogen-bond acceptors (Lipinski definition) is 6. The van der Waals surface area contributed by atoms with Crippen molar-refractivity contribution in [3.05, 3.63) is 54.6 Å². The SMILES string of the molecule is O=C(COC(=O)C[C@H]1Sc2ccccc2NC1=O)NC(=O)Nc1ccccc1. The van der Waals surface area contributed by atoms with Crippen LogP contribution in [0.2, 0.25) is 0 Å². The summed E-state index contributed by atoms with van der Waals surface area (Å²) in [6.45, 7) is -0.614. The van der Waals surface area contributed by atoms with Crippen LogP contribution in [0.15, 0.2) is 59.5 Å². The lowest BCUT2D eigenvalue weighted by molar-refractivity contribution is -0.148. The highest BCUT2D eigenvalue weighted by atomic mass is 32.2. The molecule has 1 atom stereocenters. The Morgan fingerprint density at radius 1 is 1.04 bits per heavy atom. The maximum Gasteiger partial charge on any atom is 0.325 e. The first-order valence-corrected chi connectivity index (χ1v) is 9.27. The van der Waals surface area contributed by atoms with E-state index >= 15 is 0 Å². The molecule has 0 saturated carbocycles. The minimum Gasteiger partial charge on any atom is -0.456 e. The molecule has 144 valence electrons. The number of esters is 1. The number of anilines is 2. The first kappa shape index (κ1) is 19.4. The van der Waals surface area contributed by atoms with Crippen LogP contribution in [0.25, 0.3) is 0 Å². The van der Waals surface area contributed by atoms with E-state index in [0.717, 1.165) is 4.90 Å². The number of amides is 4. The van der Waals surface area contributed by atoms with Gasteiger partial charge in [0.1, 0.15) is 0 Å². The number of nitrogens with one attached hydrogen (secondary N) is 3. The summed E-state index contributed by atoms with van der Waals surface area (Å²) in [5, 5.41) is 6.62. The summed E-state index contributed by atoms with van der Waals surface area (Å²) < 4.78 is 4.87. The number of benzene rings is 2. The molecule has 4 amide bonds. The molecular weight excluding hydrogens is 382 g/mol. The Kier molecular flexibility index (Phi) is 6.28. The van der Waals surface area contributed by atoms with Gasteiger partial charge in [0.25, 0.3) is 5.91 Å². The van der Waals surface area contributed by atoms with Crippen LogP contribution >= 0.6 is 11.8 Å². The first-order valence-electron chi connectivity index (χ1n) is 8.39. The summed E-state index contributed by atoms with van der Waals surface area (Å²) >= 11 is 1.26. The monoisotopic (exact) mass is 399 g/mol. The lowest BCUT2D eigenvalue weighted by Crippen LogP contribution is -2.37. The summed E-state index contributed by atoms with van der Waals surface area (Å²) in [5.41, 5.74) is 1.22. The molecule has 0 bridgehead atoms. The van der Waals surface area contributed by atoms with Gasteiger partial charge in [-0.25, -0.2) is 4.79 Å². The summed E-state index contributed by atoms with van der Waals surface area (Å²) in [6, 6.07) is 15.1. The fraction of sp³-hybridized carbons (Fsp3) is 0.158. The maximum absolute atomic E-state index is 12.1. The van der Waals surface area contributed by atoms with E-state index in [2.05, 4.69) is 16.0 Å². The van der Waals surface area contributed by atoms with Gasteiger partial charge in [-0.15, -0.1) is 11.8 Å². The molecule has 0 aromatic heterocycles. The molecular formula is C19H17N3O5S. The fourth-order valence-corrected chi connectivity index (χ4v) is 3.53. The van der Waals surface area contributed by atoms with Crippen LogP contribution in [0.3, 0.4) is 0 Å². The fourth-order valence-electron chi connectivity index (χ4n) is 2.43. The van der Waals surface area contributed by atoms with Gasteiger partial charge >= 0.3 is 12.0 Å². The Labute approximate surface area is 165 Å². The number of fused-ring (bicyclic) bond motifs is 1. The zero-order chi connectivity index (χ0) is 19.9. The number of thioether (sulfide) groups is 1. The Balaban J connectivity index is 1.42. The van der Waals surface area contributed by atoms with Gasteiger partial charge in [0.15, 0.2) is 6.61 Å². The average molecular weight is 399 g/mol. The zero-order valence-corrected chi connectivity index (χ0v) is 15.5. The van der Waals surface area contributed by atoms with Gasteiger partial charge in [-0.1, -0.05) is 30.3 Å². The maximum atomic E-state index is 12.1. The number of imide groups is 1. The van der Waals surface area contributed by atoms with Crippen LogP contribution in [0.5, 0.6) is 0 Å². The van der Waals surface area contributed by atoms with E-state index in [1.165, 1.54) is 11.8 Å². The van der Waals surface area contributed by atoms with Gasteiger partial charge in [0.2, 0.25) is 5.91 Å². The predicted molar refractivity (Wildman–Crippen MR) is 104 cm³/mol. The second-order valence-electron chi connectivity index (χ2n) is 5.83. The van der Waals surface area contributed by atoms with E-state index in [1.54, 1.807) is 42.5 Å². The molecule has 1 heterocycles. The smallest absolute Gasteiger partial charge is 0.325 e. The largest absolute Gasteiger partial charge is 0.456 e. The second-order valence-corrected chi connectivity index (χ2v) is 7.07. The Morgan fingerprint density at radius 3 is 2.54 bits per heavy atom. The molecule has 0 unspecified atom stereocenters. The van der Waals surface area contributed by atoms with Crippen molar-refractivity contribution >= 4 is 47.0 Å². The van der Waals surface area contributed by atoms with Crippen LogP contribution in [0, 0.1) is 0 Å². The second kappa shape index (κ2) is 9.05. The van der Waals surface area contributed by atoms with Crippen LogP contribution in [-0.4, -0.2) is 35.7 Å². The highest BCUT2D eigenvalue weighted by molar-refractivity contribution is 8.01.